The van der Waals surface area contributed by atoms with E-state index in [2.05, 4.69) is 17.5 Å². The summed E-state index contributed by atoms with van der Waals surface area (Å²) < 4.78 is 5.91. The highest BCUT2D eigenvalue weighted by Crippen LogP contribution is 2.44. The fourth-order valence-electron chi connectivity index (χ4n) is 3.22. The lowest BCUT2D eigenvalue weighted by Gasteiger charge is -2.44. The molecule has 1 aliphatic heterocycles. The van der Waals surface area contributed by atoms with E-state index in [4.69, 9.17) is 4.74 Å². The van der Waals surface area contributed by atoms with E-state index in [1.807, 2.05) is 13.1 Å². The monoisotopic (exact) mass is 234 g/mol. The molecule has 1 saturated heterocycles. The maximum Gasteiger partial charge on any atom is 0.109 e. The molecule has 1 spiro atoms. The molecule has 0 unspecified atom stereocenters. The maximum atomic E-state index is 9.50. The zero-order chi connectivity index (χ0) is 12.4. The number of rotatable bonds is 3. The summed E-state index contributed by atoms with van der Waals surface area (Å²) in [6, 6.07) is 2.53. The van der Waals surface area contributed by atoms with Gasteiger partial charge in [-0.05, 0) is 45.6 Å². The van der Waals surface area contributed by atoms with Crippen LogP contribution in [0, 0.1) is 11.3 Å². The molecule has 1 saturated carbocycles. The van der Waals surface area contributed by atoms with Gasteiger partial charge in [-0.2, -0.15) is 5.26 Å². The summed E-state index contributed by atoms with van der Waals surface area (Å²) in [4.78, 5) is 2.14. The molecule has 0 N–H and O–H groups in total. The van der Waals surface area contributed by atoms with Gasteiger partial charge in [-0.1, -0.05) is 6.08 Å². The van der Waals surface area contributed by atoms with Crippen molar-refractivity contribution in [3.63, 3.8) is 0 Å². The third kappa shape index (κ3) is 2.25. The van der Waals surface area contributed by atoms with Crippen molar-refractivity contribution >= 4 is 0 Å². The summed E-state index contributed by atoms with van der Waals surface area (Å²) in [5, 5.41) is 9.50. The number of likely N-dealkylation sites (N-methyl/N-ethyl adjacent to an activating group) is 1. The van der Waals surface area contributed by atoms with Gasteiger partial charge in [0.25, 0.3) is 0 Å². The van der Waals surface area contributed by atoms with Crippen LogP contribution in [0.3, 0.4) is 0 Å². The van der Waals surface area contributed by atoms with Crippen molar-refractivity contribution in [2.45, 2.75) is 49.7 Å². The van der Waals surface area contributed by atoms with Crippen LogP contribution in [0.5, 0.6) is 0 Å². The average Bonchev–Trinajstić information content (AvgIpc) is 2.80. The number of nitriles is 1. The van der Waals surface area contributed by atoms with Crippen LogP contribution < -0.4 is 0 Å². The van der Waals surface area contributed by atoms with Crippen molar-refractivity contribution in [1.82, 2.24) is 4.90 Å². The maximum absolute atomic E-state index is 9.50. The quantitative estimate of drug-likeness (QED) is 0.704. The topological polar surface area (TPSA) is 36.3 Å². The lowest BCUT2D eigenvalue weighted by atomic mass is 9.73. The number of ether oxygens (including phenoxy) is 1. The lowest BCUT2D eigenvalue weighted by Crippen LogP contribution is -2.51. The minimum Gasteiger partial charge on any atom is -0.375 e. The standard InChI is InChI=1S/C14H22N2O/c1-3-10-16(2)13(12-15)6-8-14(9-7-13)5-4-11-17-14/h3H,1,4-11H2,2H3. The Balaban J connectivity index is 2.04. The van der Waals surface area contributed by atoms with E-state index in [1.165, 1.54) is 12.8 Å². The van der Waals surface area contributed by atoms with Gasteiger partial charge in [0.1, 0.15) is 5.54 Å². The molecule has 0 radical (unpaired) electrons. The minimum atomic E-state index is -0.300. The summed E-state index contributed by atoms with van der Waals surface area (Å²) >= 11 is 0. The second kappa shape index (κ2) is 4.80. The van der Waals surface area contributed by atoms with Crippen LogP contribution in [-0.4, -0.2) is 36.2 Å². The number of nitrogens with zero attached hydrogens (tertiary/aromatic N) is 2. The Kier molecular flexibility index (Phi) is 3.56. The largest absolute Gasteiger partial charge is 0.375 e. The molecule has 3 heteroatoms. The summed E-state index contributed by atoms with van der Waals surface area (Å²) in [7, 11) is 2.03. The zero-order valence-corrected chi connectivity index (χ0v) is 10.7. The van der Waals surface area contributed by atoms with Crippen molar-refractivity contribution in [1.29, 1.82) is 5.26 Å². The molecule has 2 rings (SSSR count). The molecule has 0 amide bonds. The Morgan fingerprint density at radius 2 is 2.06 bits per heavy atom. The summed E-state index contributed by atoms with van der Waals surface area (Å²) in [6.45, 7) is 5.44. The predicted molar refractivity (Wildman–Crippen MR) is 67.6 cm³/mol. The Labute approximate surface area is 104 Å². The molecule has 1 aliphatic carbocycles. The summed E-state index contributed by atoms with van der Waals surface area (Å²) in [6.07, 6.45) is 8.14. The van der Waals surface area contributed by atoms with Crippen LogP contribution in [0.15, 0.2) is 12.7 Å². The zero-order valence-electron chi connectivity index (χ0n) is 10.7. The third-order valence-corrected chi connectivity index (χ3v) is 4.52. The highest BCUT2D eigenvalue weighted by atomic mass is 16.5. The highest BCUT2D eigenvalue weighted by Gasteiger charge is 2.46. The fraction of sp³-hybridized carbons (Fsp3) is 0.786. The van der Waals surface area contributed by atoms with Crippen LogP contribution in [0.1, 0.15) is 38.5 Å². The molecule has 0 atom stereocenters. The summed E-state index contributed by atoms with van der Waals surface area (Å²) in [5.74, 6) is 0. The molecule has 0 aromatic rings. The Hall–Kier alpha value is -0.850. The Morgan fingerprint density at radius 1 is 1.35 bits per heavy atom. The Morgan fingerprint density at radius 3 is 2.53 bits per heavy atom. The van der Waals surface area contributed by atoms with Crippen molar-refractivity contribution in [3.05, 3.63) is 12.7 Å². The molecule has 0 bridgehead atoms. The minimum absolute atomic E-state index is 0.107. The van der Waals surface area contributed by atoms with Gasteiger partial charge in [0.15, 0.2) is 0 Å². The first kappa shape index (κ1) is 12.6. The van der Waals surface area contributed by atoms with Gasteiger partial charge in [0.2, 0.25) is 0 Å². The molecule has 0 aromatic carbocycles. The fourth-order valence-corrected chi connectivity index (χ4v) is 3.22. The van der Waals surface area contributed by atoms with E-state index in [-0.39, 0.29) is 11.1 Å². The van der Waals surface area contributed by atoms with Crippen LogP contribution in [0.2, 0.25) is 0 Å². The van der Waals surface area contributed by atoms with Gasteiger partial charge >= 0.3 is 0 Å². The normalized spacial score (nSPS) is 37.2. The van der Waals surface area contributed by atoms with Gasteiger partial charge in [-0.25, -0.2) is 0 Å². The average molecular weight is 234 g/mol. The predicted octanol–water partition coefficient (Wildman–Crippen LogP) is 2.49. The molecule has 0 aromatic heterocycles. The van der Waals surface area contributed by atoms with Crippen LogP contribution >= 0.6 is 0 Å². The molecule has 17 heavy (non-hydrogen) atoms. The second-order valence-corrected chi connectivity index (χ2v) is 5.45. The third-order valence-electron chi connectivity index (χ3n) is 4.52. The highest BCUT2D eigenvalue weighted by molar-refractivity contribution is 5.13. The molecule has 3 nitrogen and oxygen atoms in total. The second-order valence-electron chi connectivity index (χ2n) is 5.45. The van der Waals surface area contributed by atoms with E-state index in [0.29, 0.717) is 0 Å². The van der Waals surface area contributed by atoms with Gasteiger partial charge in [0.05, 0.1) is 11.7 Å². The smallest absolute Gasteiger partial charge is 0.109 e. The first-order valence-electron chi connectivity index (χ1n) is 6.54. The SMILES string of the molecule is C=CCN(C)C1(C#N)CCC2(CCCO2)CC1. The van der Waals surface area contributed by atoms with Crippen molar-refractivity contribution in [2.24, 2.45) is 0 Å². The molecule has 2 fully saturated rings. The van der Waals surface area contributed by atoms with Crippen molar-refractivity contribution < 1.29 is 4.74 Å². The molecular weight excluding hydrogens is 212 g/mol. The van der Waals surface area contributed by atoms with E-state index in [1.54, 1.807) is 0 Å². The first-order chi connectivity index (χ1) is 8.16. The lowest BCUT2D eigenvalue weighted by molar-refractivity contribution is -0.0509. The van der Waals surface area contributed by atoms with E-state index in [9.17, 15) is 5.26 Å². The van der Waals surface area contributed by atoms with E-state index in [0.717, 1.165) is 38.8 Å². The van der Waals surface area contributed by atoms with Gasteiger partial charge in [0, 0.05) is 13.2 Å². The number of hydrogen-bond acceptors (Lipinski definition) is 3. The van der Waals surface area contributed by atoms with E-state index < -0.39 is 0 Å². The molecule has 1 heterocycles. The van der Waals surface area contributed by atoms with E-state index >= 15 is 0 Å². The molecule has 94 valence electrons. The van der Waals surface area contributed by atoms with Crippen molar-refractivity contribution in [2.75, 3.05) is 20.2 Å². The van der Waals surface area contributed by atoms with Gasteiger partial charge < -0.3 is 4.74 Å². The molecular formula is C14H22N2O. The van der Waals surface area contributed by atoms with Crippen LogP contribution in [0.4, 0.5) is 0 Å². The van der Waals surface area contributed by atoms with Crippen LogP contribution in [-0.2, 0) is 4.74 Å². The summed E-state index contributed by atoms with van der Waals surface area (Å²) in [5.41, 5.74) is -0.194. The van der Waals surface area contributed by atoms with Crippen molar-refractivity contribution in [3.8, 4) is 6.07 Å². The first-order valence-corrected chi connectivity index (χ1v) is 6.54. The van der Waals surface area contributed by atoms with Gasteiger partial charge in [-0.15, -0.1) is 6.58 Å². The Bertz CT molecular complexity index is 316. The van der Waals surface area contributed by atoms with Crippen LogP contribution in [0.25, 0.3) is 0 Å². The molecule has 2 aliphatic rings. The number of hydrogen-bond donors (Lipinski definition) is 0. The van der Waals surface area contributed by atoms with Gasteiger partial charge in [-0.3, -0.25) is 4.90 Å².